The molecular weight excluding hydrogens is 1370 g/mol. The van der Waals surface area contributed by atoms with Crippen molar-refractivity contribution in [3.05, 3.63) is 309 Å². The summed E-state index contributed by atoms with van der Waals surface area (Å²) in [5.41, 5.74) is 33.5. The van der Waals surface area contributed by atoms with E-state index in [1.807, 2.05) is 0 Å². The zero-order valence-corrected chi connectivity index (χ0v) is 68.8. The van der Waals surface area contributed by atoms with Crippen molar-refractivity contribution in [3.63, 3.8) is 0 Å². The first-order valence-electron chi connectivity index (χ1n) is 46.8. The van der Waals surface area contributed by atoms with Crippen LogP contribution in [0.2, 0.25) is 0 Å². The van der Waals surface area contributed by atoms with Gasteiger partial charge in [-0.3, -0.25) is 0 Å². The van der Waals surface area contributed by atoms with E-state index in [-0.39, 0.29) is 21.7 Å². The van der Waals surface area contributed by atoms with Gasteiger partial charge in [0.15, 0.2) is 24.8 Å². The Labute approximate surface area is 688 Å². The van der Waals surface area contributed by atoms with Crippen LogP contribution in [-0.4, -0.2) is 0 Å². The SMILES string of the molecule is [2H]C1([2H])CC2(CCCC2)Cc2ccc(-c3cc[n+](C)c(-c4ccccc4C)c3)cc21.[2H]C1([2H])CC2(CCCCC2)Cc2ccc(-c3cc[n+](C)c(-c4ccccc4C)c3)cc21.[2H]C1([2H])c2cc(-c3cc(-c4ccccc4C)[n+](C)cc3C)ccc2CC12CCCC2.[2H]C1([2H])c2cc(-c3cc[n+](C)c(-c4ccccc4C)c3)ccc2CC12CCCCC2. The summed E-state index contributed by atoms with van der Waals surface area (Å²) in [6.07, 6.45) is 29.8. The Kier molecular flexibility index (Phi) is 19.1. The van der Waals surface area contributed by atoms with Gasteiger partial charge in [-0.2, -0.15) is 0 Å². The van der Waals surface area contributed by atoms with Crippen molar-refractivity contribution in [3.8, 4) is 89.5 Å². The van der Waals surface area contributed by atoms with E-state index in [9.17, 15) is 0 Å². The first kappa shape index (κ1) is 66.8. The molecule has 4 aromatic heterocycles. The minimum Gasteiger partial charge on any atom is -0.201 e. The highest BCUT2D eigenvalue weighted by molar-refractivity contribution is 5.76. The number of benzene rings is 8. The lowest BCUT2D eigenvalue weighted by molar-refractivity contribution is -0.660. The standard InChI is InChI=1S/C28H32N.3C27H30N/c1-21-8-4-5-9-26(21)27-19-24(13-17-29(27)2)22-10-11-25-20-28(14-6-3-7-15-28)16-12-23(25)18-22;1-19-8-4-5-9-24(19)26-15-25(20(2)18-28(26)3)21-10-11-22-16-27(12-6-7-13-27)17-23(22)14-21;1-20-8-4-5-9-25(20)26-17-22(12-15-28(26)2)21-10-11-23-18-27(19-24(23)16-21)13-6-3-7-14-27;1-20-7-3-4-8-25(20)26-18-23(12-16-28(26)2)21-9-10-24-19-27(13-5-6-14-27)15-11-22(24)17-21/h4-5,8-11,13,17-19H,3,6-7,12,14-16,20H2,1-2H3;4-5,8-11,14-15,18H,6-7,12-13,16-17H2,1-3H3;4-5,8-12,15-17H,3,6-7,13-14,18-19H2,1-2H3;3-4,7-10,12,16-18H,5-6,11,13-15,19H2,1-2H3/q4*+1/i12D2;17D2;19D2;11D2. The molecule has 0 saturated heterocycles. The second-order valence-electron chi connectivity index (χ2n) is 35.6. The monoisotopic (exact) mass is 1500 g/mol. The van der Waals surface area contributed by atoms with Crippen molar-refractivity contribution in [1.29, 1.82) is 0 Å². The van der Waals surface area contributed by atoms with Crippen molar-refractivity contribution >= 4 is 0 Å². The lowest BCUT2D eigenvalue weighted by atomic mass is 9.64. The first-order chi connectivity index (χ1) is 58.0. The molecule has 113 heavy (non-hydrogen) atoms. The van der Waals surface area contributed by atoms with E-state index in [1.165, 1.54) is 165 Å². The van der Waals surface area contributed by atoms with E-state index in [2.05, 4.69) is 318 Å². The van der Waals surface area contributed by atoms with Crippen LogP contribution in [0.5, 0.6) is 0 Å². The largest absolute Gasteiger partial charge is 0.213 e. The molecule has 4 fully saturated rings. The Morgan fingerprint density at radius 2 is 0.522 bits per heavy atom. The average Bonchev–Trinajstić information content (AvgIpc) is 1.60. The molecule has 8 aromatic carbocycles. The molecule has 20 rings (SSSR count). The van der Waals surface area contributed by atoms with Crippen molar-refractivity contribution in [1.82, 2.24) is 0 Å². The molecule has 4 heteroatoms. The summed E-state index contributed by atoms with van der Waals surface area (Å²) in [5, 5.41) is 0. The molecule has 8 aliphatic rings. The number of hydrogen-bond acceptors (Lipinski definition) is 0. The van der Waals surface area contributed by atoms with Crippen LogP contribution >= 0.6 is 0 Å². The Morgan fingerprint density at radius 1 is 0.239 bits per heavy atom. The smallest absolute Gasteiger partial charge is 0.201 e. The molecular formula is C109H122N4+4. The van der Waals surface area contributed by atoms with E-state index >= 15 is 0 Å². The highest BCUT2D eigenvalue weighted by Crippen LogP contribution is 2.53. The van der Waals surface area contributed by atoms with Gasteiger partial charge in [0.25, 0.3) is 0 Å². The van der Waals surface area contributed by atoms with Gasteiger partial charge in [-0.05, 0) is 307 Å². The lowest BCUT2D eigenvalue weighted by Gasteiger charge is -2.41. The molecule has 0 unspecified atom stereocenters. The number of nitrogens with zero attached hydrogens (tertiary/aromatic N) is 4. The second-order valence-corrected chi connectivity index (χ2v) is 35.6. The maximum absolute atomic E-state index is 9.07. The minimum atomic E-state index is -1.25. The molecule has 4 nitrogen and oxygen atoms in total. The molecule has 0 radical (unpaired) electrons. The third-order valence-corrected chi connectivity index (χ3v) is 27.6. The van der Waals surface area contributed by atoms with Gasteiger partial charge in [-0.1, -0.05) is 210 Å². The van der Waals surface area contributed by atoms with Gasteiger partial charge in [0.1, 0.15) is 28.2 Å². The van der Waals surface area contributed by atoms with Crippen molar-refractivity contribution in [2.75, 3.05) is 0 Å². The molecule has 0 atom stereocenters. The van der Waals surface area contributed by atoms with Crippen molar-refractivity contribution in [2.24, 2.45) is 49.9 Å². The van der Waals surface area contributed by atoms with Gasteiger partial charge in [-0.15, -0.1) is 0 Å². The molecule has 0 bridgehead atoms. The van der Waals surface area contributed by atoms with Crippen LogP contribution in [0, 0.1) is 56.3 Å². The summed E-state index contributed by atoms with van der Waals surface area (Å²) in [5.74, 6) is 0. The van der Waals surface area contributed by atoms with Gasteiger partial charge >= 0.3 is 0 Å². The third-order valence-electron chi connectivity index (χ3n) is 27.6. The van der Waals surface area contributed by atoms with Crippen molar-refractivity contribution < 1.29 is 29.2 Å². The lowest BCUT2D eigenvalue weighted by Crippen LogP contribution is -2.31. The van der Waals surface area contributed by atoms with Gasteiger partial charge in [0.05, 0.1) is 0 Å². The Hall–Kier alpha value is -9.64. The molecule has 0 amide bonds. The number of aryl methyl sites for hydroxylation is 11. The van der Waals surface area contributed by atoms with Crippen LogP contribution in [0.15, 0.2) is 237 Å². The summed E-state index contributed by atoms with van der Waals surface area (Å²) in [7, 11) is 8.35. The Bertz CT molecular complexity index is 5920. The van der Waals surface area contributed by atoms with Crippen LogP contribution in [-0.2, 0) is 79.4 Å². The van der Waals surface area contributed by atoms with Gasteiger partial charge < -0.3 is 0 Å². The summed E-state index contributed by atoms with van der Waals surface area (Å²) < 4.78 is 80.5. The van der Waals surface area contributed by atoms with Crippen molar-refractivity contribution in [2.45, 2.75) is 214 Å². The number of aromatic nitrogens is 4. The first-order valence-corrected chi connectivity index (χ1v) is 42.8. The zero-order valence-electron chi connectivity index (χ0n) is 76.8. The maximum Gasteiger partial charge on any atom is 0.213 e. The summed E-state index contributed by atoms with van der Waals surface area (Å²) in [6, 6.07) is 75.4. The minimum absolute atomic E-state index is 0.175. The summed E-state index contributed by atoms with van der Waals surface area (Å²) >= 11 is 0. The van der Waals surface area contributed by atoms with Crippen LogP contribution in [0.3, 0.4) is 0 Å². The topological polar surface area (TPSA) is 15.5 Å². The quantitative estimate of drug-likeness (QED) is 0.135. The van der Waals surface area contributed by atoms with E-state index in [0.717, 1.165) is 138 Å². The van der Waals surface area contributed by atoms with E-state index in [1.54, 1.807) is 0 Å². The van der Waals surface area contributed by atoms with E-state index in [4.69, 9.17) is 11.0 Å². The van der Waals surface area contributed by atoms with E-state index < -0.39 is 25.5 Å². The number of hydrogen-bond donors (Lipinski definition) is 0. The Balaban J connectivity index is 0.000000115. The highest BCUT2D eigenvalue weighted by Gasteiger charge is 2.42. The molecule has 4 saturated carbocycles. The number of rotatable bonds is 8. The maximum atomic E-state index is 9.07. The molecule has 574 valence electrons. The molecule has 4 spiro atoms. The van der Waals surface area contributed by atoms with E-state index in [0.29, 0.717) is 12.8 Å². The fraction of sp³-hybridized carbons (Fsp3) is 0.376. The van der Waals surface area contributed by atoms with Crippen LogP contribution in [0.1, 0.15) is 212 Å². The zero-order chi connectivity index (χ0) is 84.6. The summed E-state index contributed by atoms with van der Waals surface area (Å²) in [4.78, 5) is 0. The van der Waals surface area contributed by atoms with Gasteiger partial charge in [0.2, 0.25) is 22.8 Å². The normalized spacial score (nSPS) is 20.4. The number of fused-ring (bicyclic) bond motifs is 4. The molecule has 8 aliphatic carbocycles. The highest BCUT2D eigenvalue weighted by atomic mass is 14.9. The fourth-order valence-electron chi connectivity index (χ4n) is 20.9. The third kappa shape index (κ3) is 16.1. The molecule has 12 aromatic rings. The predicted octanol–water partition coefficient (Wildman–Crippen LogP) is 25.1. The molecule has 4 heterocycles. The van der Waals surface area contributed by atoms with Crippen LogP contribution < -0.4 is 18.3 Å². The second kappa shape index (κ2) is 32.3. The molecule has 0 N–H and O–H groups in total. The molecule has 0 aliphatic heterocycles. The predicted molar refractivity (Wildman–Crippen MR) is 469 cm³/mol. The van der Waals surface area contributed by atoms with Gasteiger partial charge in [-0.25, -0.2) is 18.3 Å². The average molecular weight is 1500 g/mol. The fourth-order valence-corrected chi connectivity index (χ4v) is 20.9. The van der Waals surface area contributed by atoms with Crippen LogP contribution in [0.25, 0.3) is 89.5 Å². The van der Waals surface area contributed by atoms with Crippen LogP contribution in [0.4, 0.5) is 0 Å². The Morgan fingerprint density at radius 3 is 0.885 bits per heavy atom. The number of pyridine rings is 4. The van der Waals surface area contributed by atoms with Gasteiger partial charge in [0, 0.05) is 81.2 Å². The summed E-state index contributed by atoms with van der Waals surface area (Å²) in [6.45, 7) is 10.7.